The molecule has 0 aliphatic heterocycles. The van der Waals surface area contributed by atoms with E-state index in [2.05, 4.69) is 19.9 Å². The summed E-state index contributed by atoms with van der Waals surface area (Å²) in [5.74, 6) is 0. The molecule has 1 saturated carbocycles. The third-order valence-electron chi connectivity index (χ3n) is 4.53. The van der Waals surface area contributed by atoms with Gasteiger partial charge in [0.05, 0.1) is 11.5 Å². The molecular weight excluding hydrogens is 254 g/mol. The second-order valence-electron chi connectivity index (χ2n) is 6.05. The average molecular weight is 276 g/mol. The van der Waals surface area contributed by atoms with E-state index in [1.807, 2.05) is 24.3 Å². The van der Waals surface area contributed by atoms with E-state index in [-0.39, 0.29) is 5.41 Å². The topological polar surface area (TPSA) is 23.8 Å². The Kier molecular flexibility index (Phi) is 4.21. The molecule has 0 bridgehead atoms. The fourth-order valence-electron chi connectivity index (χ4n) is 3.88. The lowest BCUT2D eigenvalue weighted by Gasteiger charge is -2.53. The van der Waals surface area contributed by atoms with Gasteiger partial charge in [-0.2, -0.15) is 5.26 Å². The van der Waals surface area contributed by atoms with Crippen LogP contribution in [0.4, 0.5) is 0 Å². The molecule has 2 rings (SSSR count). The molecule has 0 amide bonds. The number of nitriles is 1. The van der Waals surface area contributed by atoms with Gasteiger partial charge in [-0.15, -0.1) is 0 Å². The van der Waals surface area contributed by atoms with E-state index < -0.39 is 0 Å². The van der Waals surface area contributed by atoms with Crippen molar-refractivity contribution in [3.63, 3.8) is 0 Å². The Morgan fingerprint density at radius 1 is 1.11 bits per heavy atom. The molecule has 1 nitrogen and oxygen atoms in total. The lowest BCUT2D eigenvalue weighted by Crippen LogP contribution is -2.48. The van der Waals surface area contributed by atoms with E-state index in [9.17, 15) is 5.26 Å². The van der Waals surface area contributed by atoms with Gasteiger partial charge in [-0.3, -0.25) is 0 Å². The maximum Gasteiger partial charge on any atom is 0.0833 e. The summed E-state index contributed by atoms with van der Waals surface area (Å²) in [6.45, 7) is 4.48. The van der Waals surface area contributed by atoms with Gasteiger partial charge in [0.15, 0.2) is 0 Å². The van der Waals surface area contributed by atoms with Crippen LogP contribution in [-0.4, -0.2) is 0 Å². The van der Waals surface area contributed by atoms with Crippen molar-refractivity contribution >= 4 is 11.6 Å². The molecule has 1 aliphatic rings. The summed E-state index contributed by atoms with van der Waals surface area (Å²) >= 11 is 5.94. The fourth-order valence-corrected chi connectivity index (χ4v) is 4.01. The number of benzene rings is 1. The van der Waals surface area contributed by atoms with Crippen molar-refractivity contribution < 1.29 is 0 Å². The van der Waals surface area contributed by atoms with E-state index in [0.717, 1.165) is 23.4 Å². The second kappa shape index (κ2) is 5.55. The van der Waals surface area contributed by atoms with Gasteiger partial charge < -0.3 is 0 Å². The summed E-state index contributed by atoms with van der Waals surface area (Å²) in [6.07, 6.45) is 6.94. The summed E-state index contributed by atoms with van der Waals surface area (Å²) in [4.78, 5) is 0. The van der Waals surface area contributed by atoms with Crippen molar-refractivity contribution in [3.8, 4) is 6.07 Å². The zero-order chi connectivity index (χ0) is 13.9. The van der Waals surface area contributed by atoms with Crippen molar-refractivity contribution in [2.24, 2.45) is 5.41 Å². The maximum atomic E-state index is 9.64. The Balaban J connectivity index is 2.20. The summed E-state index contributed by atoms with van der Waals surface area (Å²) in [7, 11) is 0. The van der Waals surface area contributed by atoms with Gasteiger partial charge in [-0.05, 0) is 48.8 Å². The molecule has 0 aromatic heterocycles. The first kappa shape index (κ1) is 14.4. The normalized spacial score (nSPS) is 19.5. The van der Waals surface area contributed by atoms with Gasteiger partial charge in [0, 0.05) is 5.02 Å². The van der Waals surface area contributed by atoms with Crippen LogP contribution in [0.3, 0.4) is 0 Å². The Morgan fingerprint density at radius 2 is 1.63 bits per heavy atom. The molecule has 0 radical (unpaired) electrons. The molecule has 1 aromatic carbocycles. The Morgan fingerprint density at radius 3 is 2.05 bits per heavy atom. The SMILES string of the molecule is CCCC1(CCC)CC(C#N)(c2ccc(Cl)cc2)C1. The Bertz CT molecular complexity index is 455. The van der Waals surface area contributed by atoms with Crippen molar-refractivity contribution in [2.75, 3.05) is 0 Å². The van der Waals surface area contributed by atoms with Crippen LogP contribution in [0.5, 0.6) is 0 Å². The highest BCUT2D eigenvalue weighted by atomic mass is 35.5. The second-order valence-corrected chi connectivity index (χ2v) is 6.49. The van der Waals surface area contributed by atoms with E-state index in [1.54, 1.807) is 0 Å². The van der Waals surface area contributed by atoms with E-state index in [4.69, 9.17) is 11.6 Å². The van der Waals surface area contributed by atoms with Gasteiger partial charge in [-0.25, -0.2) is 0 Å². The maximum absolute atomic E-state index is 9.64. The summed E-state index contributed by atoms with van der Waals surface area (Å²) in [5.41, 5.74) is 1.27. The van der Waals surface area contributed by atoms with Crippen LogP contribution in [0.15, 0.2) is 24.3 Å². The fraction of sp³-hybridized carbons (Fsp3) is 0.588. The number of hydrogen-bond acceptors (Lipinski definition) is 1. The molecule has 19 heavy (non-hydrogen) atoms. The van der Waals surface area contributed by atoms with Crippen molar-refractivity contribution in [1.29, 1.82) is 5.26 Å². The highest BCUT2D eigenvalue weighted by Gasteiger charge is 2.54. The molecule has 2 heteroatoms. The van der Waals surface area contributed by atoms with Gasteiger partial charge in [0.1, 0.15) is 0 Å². The third-order valence-corrected chi connectivity index (χ3v) is 4.78. The van der Waals surface area contributed by atoms with Gasteiger partial charge >= 0.3 is 0 Å². The van der Waals surface area contributed by atoms with Crippen molar-refractivity contribution in [3.05, 3.63) is 34.9 Å². The van der Waals surface area contributed by atoms with E-state index >= 15 is 0 Å². The van der Waals surface area contributed by atoms with E-state index in [1.165, 1.54) is 25.7 Å². The summed E-state index contributed by atoms with van der Waals surface area (Å²) in [5, 5.41) is 10.4. The Hall–Kier alpha value is -1.00. The third kappa shape index (κ3) is 2.65. The molecule has 0 spiro atoms. The predicted molar refractivity (Wildman–Crippen MR) is 80.2 cm³/mol. The van der Waals surface area contributed by atoms with Crippen LogP contribution >= 0.6 is 11.6 Å². The molecule has 1 aromatic rings. The number of nitrogens with zero attached hydrogens (tertiary/aromatic N) is 1. The molecule has 0 heterocycles. The highest BCUT2D eigenvalue weighted by molar-refractivity contribution is 6.30. The molecule has 1 aliphatic carbocycles. The minimum Gasteiger partial charge on any atom is -0.197 e. The molecule has 0 saturated heterocycles. The molecule has 102 valence electrons. The molecule has 0 unspecified atom stereocenters. The van der Waals surface area contributed by atoms with E-state index in [0.29, 0.717) is 5.41 Å². The van der Waals surface area contributed by atoms with Crippen molar-refractivity contribution in [2.45, 2.75) is 57.8 Å². The van der Waals surface area contributed by atoms with Gasteiger partial charge in [0.2, 0.25) is 0 Å². The van der Waals surface area contributed by atoms with Crippen LogP contribution in [0, 0.1) is 16.7 Å². The lowest BCUT2D eigenvalue weighted by molar-refractivity contribution is 0.0358. The standard InChI is InChI=1S/C17H22ClN/c1-3-9-16(10-4-2)11-17(12-16,13-19)14-5-7-15(18)8-6-14/h5-8H,3-4,9-12H2,1-2H3. The van der Waals surface area contributed by atoms with Crippen LogP contribution < -0.4 is 0 Å². The van der Waals surface area contributed by atoms with Gasteiger partial charge in [0.25, 0.3) is 0 Å². The minimum atomic E-state index is -0.269. The smallest absolute Gasteiger partial charge is 0.0833 e. The molecule has 0 atom stereocenters. The average Bonchev–Trinajstić information content (AvgIpc) is 2.36. The lowest BCUT2D eigenvalue weighted by atomic mass is 9.48. The largest absolute Gasteiger partial charge is 0.197 e. The molecule has 0 N–H and O–H groups in total. The first-order chi connectivity index (χ1) is 9.10. The first-order valence-corrected chi connectivity index (χ1v) is 7.65. The van der Waals surface area contributed by atoms with Crippen LogP contribution in [0.2, 0.25) is 5.02 Å². The predicted octanol–water partition coefficient (Wildman–Crippen LogP) is 5.48. The first-order valence-electron chi connectivity index (χ1n) is 7.27. The van der Waals surface area contributed by atoms with Crippen LogP contribution in [0.1, 0.15) is 57.9 Å². The molecular formula is C17H22ClN. The minimum absolute atomic E-state index is 0.269. The van der Waals surface area contributed by atoms with Gasteiger partial charge in [-0.1, -0.05) is 50.4 Å². The zero-order valence-electron chi connectivity index (χ0n) is 11.9. The number of halogens is 1. The Labute approximate surface area is 121 Å². The van der Waals surface area contributed by atoms with Crippen molar-refractivity contribution in [1.82, 2.24) is 0 Å². The number of rotatable bonds is 5. The summed E-state index contributed by atoms with van der Waals surface area (Å²) < 4.78 is 0. The quantitative estimate of drug-likeness (QED) is 0.698. The zero-order valence-corrected chi connectivity index (χ0v) is 12.6. The summed E-state index contributed by atoms with van der Waals surface area (Å²) in [6, 6.07) is 10.4. The van der Waals surface area contributed by atoms with Crippen LogP contribution in [-0.2, 0) is 5.41 Å². The highest BCUT2D eigenvalue weighted by Crippen LogP contribution is 2.59. The molecule has 1 fully saturated rings. The number of hydrogen-bond donors (Lipinski definition) is 0. The van der Waals surface area contributed by atoms with Crippen LogP contribution in [0.25, 0.3) is 0 Å². The monoisotopic (exact) mass is 275 g/mol.